The molecule has 2 aliphatic rings. The number of piperidine rings is 1. The van der Waals surface area contributed by atoms with Gasteiger partial charge in [0.05, 0.1) is 18.8 Å². The van der Waals surface area contributed by atoms with E-state index in [2.05, 4.69) is 14.7 Å². The smallest absolute Gasteiger partial charge is 0.444 e. The summed E-state index contributed by atoms with van der Waals surface area (Å²) in [7, 11) is 0. The van der Waals surface area contributed by atoms with Gasteiger partial charge in [-0.3, -0.25) is 0 Å². The number of aromatic nitrogens is 2. The van der Waals surface area contributed by atoms with E-state index in [-0.39, 0.29) is 23.5 Å². The summed E-state index contributed by atoms with van der Waals surface area (Å²) < 4.78 is 59.0. The molecule has 4 rings (SSSR count). The van der Waals surface area contributed by atoms with Crippen molar-refractivity contribution < 1.29 is 36.9 Å². The second-order valence-electron chi connectivity index (χ2n) is 10.2. The molecule has 202 valence electrons. The van der Waals surface area contributed by atoms with Gasteiger partial charge in [-0.1, -0.05) is 6.07 Å². The number of anilines is 1. The van der Waals surface area contributed by atoms with E-state index in [0.717, 1.165) is 6.07 Å². The van der Waals surface area contributed by atoms with E-state index in [1.54, 1.807) is 17.9 Å². The molecule has 2 aliphatic heterocycles. The molecule has 2 fully saturated rings. The molecule has 9 nitrogen and oxygen atoms in total. The first-order valence-corrected chi connectivity index (χ1v) is 12.1. The van der Waals surface area contributed by atoms with Crippen LogP contribution in [0, 0.1) is 6.92 Å². The van der Waals surface area contributed by atoms with Crippen LogP contribution in [0.5, 0.6) is 17.4 Å². The zero-order valence-corrected chi connectivity index (χ0v) is 21.3. The maximum Gasteiger partial charge on any atom is 0.573 e. The van der Waals surface area contributed by atoms with Crippen LogP contribution in [0.2, 0.25) is 0 Å². The molecule has 0 radical (unpaired) electrons. The summed E-state index contributed by atoms with van der Waals surface area (Å²) in [5, 5.41) is 0. The van der Waals surface area contributed by atoms with Crippen molar-refractivity contribution in [2.75, 3.05) is 37.7 Å². The van der Waals surface area contributed by atoms with Gasteiger partial charge in [-0.25, -0.2) is 9.78 Å². The average Bonchev–Trinajstić information content (AvgIpc) is 2.77. The summed E-state index contributed by atoms with van der Waals surface area (Å²) in [6.45, 7) is 9.88. The molecule has 1 amide bonds. The number of benzene rings is 1. The third-order valence-corrected chi connectivity index (χ3v) is 5.94. The molecule has 1 aromatic heterocycles. The number of amides is 1. The molecule has 1 aromatic carbocycles. The molecule has 0 aliphatic carbocycles. The van der Waals surface area contributed by atoms with E-state index in [0.29, 0.717) is 57.3 Å². The fourth-order valence-corrected chi connectivity index (χ4v) is 4.32. The first kappa shape index (κ1) is 26.8. The number of carbonyl (C=O) groups is 1. The van der Waals surface area contributed by atoms with Crippen LogP contribution >= 0.6 is 0 Å². The van der Waals surface area contributed by atoms with E-state index in [9.17, 15) is 18.0 Å². The van der Waals surface area contributed by atoms with Crippen LogP contribution in [0.4, 0.5) is 23.9 Å². The number of ether oxygens (including phenoxy) is 4. The molecule has 2 aromatic rings. The Morgan fingerprint density at radius 1 is 1.05 bits per heavy atom. The third kappa shape index (κ3) is 7.37. The van der Waals surface area contributed by atoms with E-state index in [4.69, 9.17) is 14.2 Å². The number of carbonyl (C=O) groups excluding carboxylic acids is 1. The van der Waals surface area contributed by atoms with Crippen LogP contribution in [0.15, 0.2) is 30.3 Å². The van der Waals surface area contributed by atoms with Crippen molar-refractivity contribution in [3.63, 3.8) is 0 Å². The molecule has 2 saturated heterocycles. The number of hydrogen-bond acceptors (Lipinski definition) is 8. The third-order valence-electron chi connectivity index (χ3n) is 5.94. The van der Waals surface area contributed by atoms with Gasteiger partial charge in [0.2, 0.25) is 11.8 Å². The highest BCUT2D eigenvalue weighted by Crippen LogP contribution is 2.33. The van der Waals surface area contributed by atoms with Crippen molar-refractivity contribution in [3.8, 4) is 17.4 Å². The van der Waals surface area contributed by atoms with Gasteiger partial charge in [0.1, 0.15) is 17.1 Å². The van der Waals surface area contributed by atoms with Crippen molar-refractivity contribution in [2.45, 2.75) is 58.1 Å². The number of aryl methyl sites for hydroxylation is 1. The molecule has 0 N–H and O–H groups in total. The molecule has 0 unspecified atom stereocenters. The summed E-state index contributed by atoms with van der Waals surface area (Å²) in [4.78, 5) is 25.3. The first-order chi connectivity index (χ1) is 17.3. The van der Waals surface area contributed by atoms with Crippen LogP contribution in [-0.4, -0.2) is 71.3 Å². The highest BCUT2D eigenvalue weighted by atomic mass is 19.4. The zero-order valence-electron chi connectivity index (χ0n) is 21.3. The number of morpholine rings is 1. The van der Waals surface area contributed by atoms with Crippen LogP contribution in [-0.2, 0) is 9.47 Å². The van der Waals surface area contributed by atoms with Crippen LogP contribution in [0.25, 0.3) is 0 Å². The van der Waals surface area contributed by atoms with E-state index in [1.165, 1.54) is 18.2 Å². The van der Waals surface area contributed by atoms with Gasteiger partial charge in [-0.2, -0.15) is 4.98 Å². The number of alkyl halides is 3. The lowest BCUT2D eigenvalue weighted by Gasteiger charge is -2.47. The Hall–Kier alpha value is -3.28. The Balaban J connectivity index is 1.41. The molecule has 0 atom stereocenters. The summed E-state index contributed by atoms with van der Waals surface area (Å²) in [5.41, 5.74) is -0.387. The molecule has 37 heavy (non-hydrogen) atoms. The normalized spacial score (nSPS) is 18.0. The lowest BCUT2D eigenvalue weighted by Crippen LogP contribution is -2.58. The van der Waals surface area contributed by atoms with Crippen LogP contribution < -0.4 is 14.4 Å². The minimum absolute atomic E-state index is 0.154. The van der Waals surface area contributed by atoms with E-state index in [1.807, 2.05) is 25.7 Å². The predicted octanol–water partition coefficient (Wildman–Crippen LogP) is 5.08. The molecule has 12 heteroatoms. The Bertz CT molecular complexity index is 1110. The first-order valence-electron chi connectivity index (χ1n) is 12.1. The standard InChI is InChI=1S/C25H31F3N4O5/c1-17-14-20(35-18-6-5-7-19(15-18)36-25(26,27)28)30-21(29-17)31-10-8-24(9-11-31)16-32(12-13-34-24)22(33)37-23(2,3)4/h5-7,14-15H,8-13,16H2,1-4H3. The van der Waals surface area contributed by atoms with Crippen molar-refractivity contribution in [1.29, 1.82) is 0 Å². The monoisotopic (exact) mass is 524 g/mol. The average molecular weight is 525 g/mol. The lowest BCUT2D eigenvalue weighted by atomic mass is 9.89. The largest absolute Gasteiger partial charge is 0.573 e. The van der Waals surface area contributed by atoms with Gasteiger partial charge in [0.25, 0.3) is 0 Å². The Kier molecular flexibility index (Phi) is 7.40. The SMILES string of the molecule is Cc1cc(Oc2cccc(OC(F)(F)F)c2)nc(N2CCC3(CC2)CN(C(=O)OC(C)(C)C)CCO3)n1. The second kappa shape index (κ2) is 10.2. The summed E-state index contributed by atoms with van der Waals surface area (Å²) in [6.07, 6.45) is -3.81. The van der Waals surface area contributed by atoms with Gasteiger partial charge in [0.15, 0.2) is 0 Å². The summed E-state index contributed by atoms with van der Waals surface area (Å²) >= 11 is 0. The van der Waals surface area contributed by atoms with E-state index >= 15 is 0 Å². The van der Waals surface area contributed by atoms with Crippen molar-refractivity contribution in [3.05, 3.63) is 36.0 Å². The fourth-order valence-electron chi connectivity index (χ4n) is 4.32. The molecular formula is C25H31F3N4O5. The fraction of sp³-hybridized carbons (Fsp3) is 0.560. The molecule has 0 saturated carbocycles. The minimum Gasteiger partial charge on any atom is -0.444 e. The van der Waals surface area contributed by atoms with Gasteiger partial charge in [-0.05, 0) is 52.7 Å². The minimum atomic E-state index is -4.80. The number of nitrogens with zero attached hydrogens (tertiary/aromatic N) is 4. The molecule has 3 heterocycles. The quantitative estimate of drug-likeness (QED) is 0.547. The van der Waals surface area contributed by atoms with Crippen LogP contribution in [0.3, 0.4) is 0 Å². The van der Waals surface area contributed by atoms with Crippen molar-refractivity contribution in [1.82, 2.24) is 14.9 Å². The maximum atomic E-state index is 12.6. The topological polar surface area (TPSA) is 86.3 Å². The highest BCUT2D eigenvalue weighted by Gasteiger charge is 2.42. The van der Waals surface area contributed by atoms with Gasteiger partial charge in [-0.15, -0.1) is 13.2 Å². The Labute approximate surface area is 213 Å². The molecule has 0 bridgehead atoms. The van der Waals surface area contributed by atoms with Gasteiger partial charge >= 0.3 is 12.5 Å². The maximum absolute atomic E-state index is 12.6. The highest BCUT2D eigenvalue weighted by molar-refractivity contribution is 5.68. The van der Waals surface area contributed by atoms with Crippen molar-refractivity contribution in [2.24, 2.45) is 0 Å². The number of rotatable bonds is 4. The van der Waals surface area contributed by atoms with Gasteiger partial charge < -0.3 is 28.7 Å². The van der Waals surface area contributed by atoms with Gasteiger partial charge in [0, 0.05) is 37.5 Å². The Morgan fingerprint density at radius 3 is 2.43 bits per heavy atom. The number of halogens is 3. The molecular weight excluding hydrogens is 493 g/mol. The zero-order chi connectivity index (χ0) is 26.8. The second-order valence-corrected chi connectivity index (χ2v) is 10.2. The lowest BCUT2D eigenvalue weighted by molar-refractivity contribution is -0.274. The van der Waals surface area contributed by atoms with Crippen molar-refractivity contribution >= 4 is 12.0 Å². The predicted molar refractivity (Wildman–Crippen MR) is 128 cm³/mol. The summed E-state index contributed by atoms with van der Waals surface area (Å²) in [5.74, 6) is 0.427. The van der Waals surface area contributed by atoms with E-state index < -0.39 is 17.6 Å². The van der Waals surface area contributed by atoms with Crippen LogP contribution in [0.1, 0.15) is 39.3 Å². The molecule has 1 spiro atoms. The Morgan fingerprint density at radius 2 is 1.76 bits per heavy atom. The number of hydrogen-bond donors (Lipinski definition) is 0. The summed E-state index contributed by atoms with van der Waals surface area (Å²) in [6, 6.07) is 6.86.